The molecule has 3 rings (SSSR count). The molecule has 1 aromatic heterocycles. The first kappa shape index (κ1) is 21.0. The fourth-order valence-electron chi connectivity index (χ4n) is 3.52. The minimum absolute atomic E-state index is 0.0602. The number of primary amides is 1. The summed E-state index contributed by atoms with van der Waals surface area (Å²) < 4.78 is 52.4. The van der Waals surface area contributed by atoms with E-state index in [4.69, 9.17) is 12.3 Å². The van der Waals surface area contributed by atoms with Gasteiger partial charge in [-0.15, -0.1) is 0 Å². The number of hydrogen-bond acceptors (Lipinski definition) is 4. The molecule has 12 heteroatoms. The van der Waals surface area contributed by atoms with E-state index in [-0.39, 0.29) is 50.3 Å². The molecule has 1 aromatic rings. The van der Waals surface area contributed by atoms with Gasteiger partial charge in [0.2, 0.25) is 12.5 Å². The number of nitrogens with two attached hydrogens (primary N) is 1. The molecule has 2 heterocycles. The molecule has 1 aliphatic carbocycles. The number of halogens is 4. The molecule has 1 aliphatic heterocycles. The van der Waals surface area contributed by atoms with Gasteiger partial charge >= 0.3 is 6.18 Å². The van der Waals surface area contributed by atoms with Crippen molar-refractivity contribution in [3.05, 3.63) is 23.2 Å². The molecule has 2 amide bonds. The van der Waals surface area contributed by atoms with Crippen molar-refractivity contribution in [3.63, 3.8) is 0 Å². The summed E-state index contributed by atoms with van der Waals surface area (Å²) in [6.07, 6.45) is -3.76. The Balaban J connectivity index is 1.82. The van der Waals surface area contributed by atoms with Crippen molar-refractivity contribution in [1.29, 1.82) is 0 Å². The van der Waals surface area contributed by atoms with Crippen molar-refractivity contribution < 1.29 is 27.2 Å². The normalized spacial score (nSPS) is 24.0. The third-order valence-electron chi connectivity index (χ3n) is 5.32. The number of aromatic nitrogens is 2. The minimum atomic E-state index is -4.32. The van der Waals surface area contributed by atoms with Crippen molar-refractivity contribution in [3.8, 4) is 0 Å². The van der Waals surface area contributed by atoms with Gasteiger partial charge in [-0.05, 0) is 19.3 Å². The van der Waals surface area contributed by atoms with Gasteiger partial charge in [-0.2, -0.15) is 18.3 Å². The van der Waals surface area contributed by atoms with Crippen molar-refractivity contribution >= 4 is 17.6 Å². The van der Waals surface area contributed by atoms with Crippen LogP contribution in [0.15, 0.2) is 6.20 Å². The first-order valence-electron chi connectivity index (χ1n) is 9.02. The zero-order chi connectivity index (χ0) is 21.4. The summed E-state index contributed by atoms with van der Waals surface area (Å²) in [4.78, 5) is 28.4. The highest BCUT2D eigenvalue weighted by atomic mass is 19.4. The predicted molar refractivity (Wildman–Crippen MR) is 93.5 cm³/mol. The number of likely N-dealkylation sites (tertiary alicyclic amines) is 1. The van der Waals surface area contributed by atoms with Gasteiger partial charge in [0.05, 0.1) is 12.5 Å². The molecular weight excluding hydrogens is 396 g/mol. The second-order valence-electron chi connectivity index (χ2n) is 7.48. The zero-order valence-corrected chi connectivity index (χ0v) is 15.4. The van der Waals surface area contributed by atoms with E-state index in [1.807, 2.05) is 0 Å². The van der Waals surface area contributed by atoms with Crippen molar-refractivity contribution in [2.45, 2.75) is 37.1 Å². The molecule has 1 saturated heterocycles. The molecule has 0 spiro atoms. The quantitative estimate of drug-likeness (QED) is 0.543. The first-order valence-corrected chi connectivity index (χ1v) is 9.02. The number of alkyl halides is 4. The smallest absolute Gasteiger partial charge is 0.365 e. The number of nitrogens with zero attached hydrogens (tertiary/aromatic N) is 4. The number of nitrogens with one attached hydrogen (secondary N) is 1. The summed E-state index contributed by atoms with van der Waals surface area (Å²) >= 11 is 0. The van der Waals surface area contributed by atoms with Gasteiger partial charge in [0.1, 0.15) is 17.3 Å². The highest BCUT2D eigenvalue weighted by Gasteiger charge is 2.45. The van der Waals surface area contributed by atoms with E-state index < -0.39 is 42.2 Å². The maximum atomic E-state index is 13.1. The van der Waals surface area contributed by atoms with Gasteiger partial charge in [0.25, 0.3) is 5.91 Å². The SMILES string of the molecule is [C-]#[N+]CC1(n2cc(C(N)=O)c(NC(=O)[C@@H]3C[C@@H]3F)n2)CCN(CC(F)(F)F)CC1. The van der Waals surface area contributed by atoms with Crippen molar-refractivity contribution in [1.82, 2.24) is 14.7 Å². The minimum Gasteiger partial charge on any atom is -0.365 e. The summed E-state index contributed by atoms with van der Waals surface area (Å²) in [6.45, 7) is 6.32. The number of anilines is 1. The average Bonchev–Trinajstić information content (AvgIpc) is 3.19. The molecule has 0 aromatic carbocycles. The van der Waals surface area contributed by atoms with Crippen LogP contribution in [0.2, 0.25) is 0 Å². The van der Waals surface area contributed by atoms with Crippen LogP contribution in [0.5, 0.6) is 0 Å². The molecule has 2 fully saturated rings. The van der Waals surface area contributed by atoms with Crippen LogP contribution in [0.25, 0.3) is 4.85 Å². The molecule has 158 valence electrons. The van der Waals surface area contributed by atoms with Crippen LogP contribution in [-0.2, 0) is 10.3 Å². The summed E-state index contributed by atoms with van der Waals surface area (Å²) in [5, 5.41) is 6.59. The Morgan fingerprint density at radius 3 is 2.48 bits per heavy atom. The lowest BCUT2D eigenvalue weighted by Crippen LogP contribution is -2.50. The molecule has 1 saturated carbocycles. The van der Waals surface area contributed by atoms with Gasteiger partial charge in [-0.3, -0.25) is 19.2 Å². The highest BCUT2D eigenvalue weighted by molar-refractivity contribution is 6.03. The number of hydrogen-bond donors (Lipinski definition) is 2. The largest absolute Gasteiger partial charge is 0.401 e. The Bertz CT molecular complexity index is 838. The van der Waals surface area contributed by atoms with E-state index in [9.17, 15) is 27.2 Å². The van der Waals surface area contributed by atoms with Gasteiger partial charge in [0.15, 0.2) is 5.82 Å². The second kappa shape index (κ2) is 7.62. The fraction of sp³-hybridized carbons (Fsp3) is 0.647. The fourth-order valence-corrected chi connectivity index (χ4v) is 3.52. The maximum Gasteiger partial charge on any atom is 0.401 e. The van der Waals surface area contributed by atoms with Gasteiger partial charge < -0.3 is 15.9 Å². The maximum absolute atomic E-state index is 13.1. The lowest BCUT2D eigenvalue weighted by molar-refractivity contribution is -0.150. The Hall–Kier alpha value is -2.68. The Kier molecular flexibility index (Phi) is 5.53. The van der Waals surface area contributed by atoms with E-state index in [2.05, 4.69) is 15.3 Å². The van der Waals surface area contributed by atoms with Crippen LogP contribution in [-0.4, -0.2) is 65.0 Å². The number of rotatable bonds is 6. The van der Waals surface area contributed by atoms with Crippen molar-refractivity contribution in [2.75, 3.05) is 31.5 Å². The summed E-state index contributed by atoms with van der Waals surface area (Å²) in [7, 11) is 0. The van der Waals surface area contributed by atoms with Crippen LogP contribution in [0.3, 0.4) is 0 Å². The summed E-state index contributed by atoms with van der Waals surface area (Å²) in [5.74, 6) is -2.43. The molecule has 0 unspecified atom stereocenters. The van der Waals surface area contributed by atoms with E-state index in [0.717, 1.165) is 0 Å². The van der Waals surface area contributed by atoms with E-state index in [0.29, 0.717) is 0 Å². The highest BCUT2D eigenvalue weighted by Crippen LogP contribution is 2.36. The van der Waals surface area contributed by atoms with Crippen LogP contribution in [0, 0.1) is 12.5 Å². The molecule has 8 nitrogen and oxygen atoms in total. The van der Waals surface area contributed by atoms with Crippen LogP contribution in [0.4, 0.5) is 23.4 Å². The van der Waals surface area contributed by atoms with E-state index in [1.165, 1.54) is 15.8 Å². The van der Waals surface area contributed by atoms with Crippen LogP contribution < -0.4 is 11.1 Å². The summed E-state index contributed by atoms with van der Waals surface area (Å²) in [6, 6.07) is 0. The van der Waals surface area contributed by atoms with Crippen LogP contribution >= 0.6 is 0 Å². The Morgan fingerprint density at radius 1 is 1.38 bits per heavy atom. The standard InChI is InChI=1S/C17H20F4N6O2/c1-23-8-16(2-4-26(5-3-16)9-17(19,20)21)27-7-11(13(22)28)14(25-27)24-15(29)10-6-12(10)18/h7,10,12H,2-6,8-9H2,(H2,22,28)(H,24,25,29)/t10-,12+/m1/s1. The lowest BCUT2D eigenvalue weighted by atomic mass is 9.87. The number of carbonyl (C=O) groups excluding carboxylic acids is 2. The molecular formula is C17H20F4N6O2. The summed E-state index contributed by atoms with van der Waals surface area (Å²) in [5.41, 5.74) is 4.32. The molecule has 3 N–H and O–H groups in total. The molecule has 0 radical (unpaired) electrons. The molecule has 2 aliphatic rings. The first-order chi connectivity index (χ1) is 13.5. The third kappa shape index (κ3) is 4.67. The third-order valence-corrected chi connectivity index (χ3v) is 5.32. The Morgan fingerprint density at radius 2 is 2.00 bits per heavy atom. The lowest BCUT2D eigenvalue weighted by Gasteiger charge is -2.38. The number of amides is 2. The second-order valence-corrected chi connectivity index (χ2v) is 7.48. The zero-order valence-electron chi connectivity index (χ0n) is 15.4. The topological polar surface area (TPSA) is 97.6 Å². The van der Waals surface area contributed by atoms with Gasteiger partial charge in [-0.25, -0.2) is 11.0 Å². The number of carbonyl (C=O) groups is 2. The average molecular weight is 416 g/mol. The monoisotopic (exact) mass is 416 g/mol. The molecule has 29 heavy (non-hydrogen) atoms. The van der Waals surface area contributed by atoms with Gasteiger partial charge in [-0.1, -0.05) is 0 Å². The van der Waals surface area contributed by atoms with E-state index >= 15 is 0 Å². The van der Waals surface area contributed by atoms with Gasteiger partial charge in [0, 0.05) is 19.3 Å². The van der Waals surface area contributed by atoms with Crippen LogP contribution in [0.1, 0.15) is 29.6 Å². The molecule has 2 atom stereocenters. The van der Waals surface area contributed by atoms with E-state index in [1.54, 1.807) is 0 Å². The Labute approximate surface area is 163 Å². The molecule has 0 bridgehead atoms. The van der Waals surface area contributed by atoms with Crippen molar-refractivity contribution in [2.24, 2.45) is 11.7 Å². The predicted octanol–water partition coefficient (Wildman–Crippen LogP) is 1.55. The number of piperidine rings is 1.